The smallest absolute Gasteiger partial charge is 0.256 e. The lowest BCUT2D eigenvalue weighted by molar-refractivity contribution is 0.0740. The second-order valence-electron chi connectivity index (χ2n) is 5.32. The standard InChI is InChI=1S/C13H17F2NO/c1-13(2,3)8-16(4)12(17)9-6-5-7-10(14)11(9)15/h5-7H,8H2,1-4H3. The molecule has 0 saturated heterocycles. The molecule has 0 spiro atoms. The molecule has 0 atom stereocenters. The molecule has 0 aliphatic rings. The lowest BCUT2D eigenvalue weighted by Gasteiger charge is -2.26. The van der Waals surface area contributed by atoms with Crippen LogP contribution in [0.1, 0.15) is 31.1 Å². The molecule has 0 aliphatic carbocycles. The highest BCUT2D eigenvalue weighted by molar-refractivity contribution is 5.94. The number of carbonyl (C=O) groups is 1. The molecule has 0 fully saturated rings. The maximum atomic E-state index is 13.4. The van der Waals surface area contributed by atoms with Gasteiger partial charge in [-0.05, 0) is 17.5 Å². The van der Waals surface area contributed by atoms with Gasteiger partial charge in [0.1, 0.15) is 0 Å². The summed E-state index contributed by atoms with van der Waals surface area (Å²) in [7, 11) is 1.58. The number of rotatable bonds is 2. The van der Waals surface area contributed by atoms with E-state index in [4.69, 9.17) is 0 Å². The number of carbonyl (C=O) groups excluding carboxylic acids is 1. The molecule has 4 heteroatoms. The van der Waals surface area contributed by atoms with E-state index >= 15 is 0 Å². The number of nitrogens with zero attached hydrogens (tertiary/aromatic N) is 1. The van der Waals surface area contributed by atoms with E-state index in [-0.39, 0.29) is 11.0 Å². The zero-order chi connectivity index (χ0) is 13.2. The molecule has 0 aliphatic heterocycles. The van der Waals surface area contributed by atoms with Crippen LogP contribution >= 0.6 is 0 Å². The van der Waals surface area contributed by atoms with E-state index in [1.807, 2.05) is 20.8 Å². The van der Waals surface area contributed by atoms with Gasteiger partial charge in [0.25, 0.3) is 5.91 Å². The van der Waals surface area contributed by atoms with Gasteiger partial charge in [-0.25, -0.2) is 8.78 Å². The van der Waals surface area contributed by atoms with Gasteiger partial charge in [0.05, 0.1) is 5.56 Å². The largest absolute Gasteiger partial charge is 0.341 e. The van der Waals surface area contributed by atoms with Crippen LogP contribution in [0.25, 0.3) is 0 Å². The van der Waals surface area contributed by atoms with Crippen LogP contribution in [-0.4, -0.2) is 24.4 Å². The first kappa shape index (κ1) is 13.6. The normalized spacial score (nSPS) is 11.4. The summed E-state index contributed by atoms with van der Waals surface area (Å²) in [6.07, 6.45) is 0. The van der Waals surface area contributed by atoms with Crippen LogP contribution in [0.5, 0.6) is 0 Å². The van der Waals surface area contributed by atoms with E-state index in [9.17, 15) is 13.6 Å². The minimum atomic E-state index is -1.08. The summed E-state index contributed by atoms with van der Waals surface area (Å²) in [5, 5.41) is 0. The number of hydrogen-bond acceptors (Lipinski definition) is 1. The molecule has 2 nitrogen and oxygen atoms in total. The zero-order valence-electron chi connectivity index (χ0n) is 10.6. The summed E-state index contributed by atoms with van der Waals surface area (Å²) in [6.45, 7) is 6.39. The molecule has 0 N–H and O–H groups in total. The Kier molecular flexibility index (Phi) is 3.86. The maximum absolute atomic E-state index is 13.4. The summed E-state index contributed by atoms with van der Waals surface area (Å²) >= 11 is 0. The van der Waals surface area contributed by atoms with E-state index in [2.05, 4.69) is 0 Å². The highest BCUT2D eigenvalue weighted by Crippen LogP contribution is 2.18. The molecule has 0 saturated carbocycles. The fourth-order valence-electron chi connectivity index (χ4n) is 1.66. The monoisotopic (exact) mass is 241 g/mol. The minimum absolute atomic E-state index is 0.0891. The van der Waals surface area contributed by atoms with E-state index < -0.39 is 17.5 Å². The third kappa shape index (κ3) is 3.51. The number of halogens is 2. The Labute approximate surface area is 100 Å². The van der Waals surface area contributed by atoms with Crippen molar-refractivity contribution < 1.29 is 13.6 Å². The lowest BCUT2D eigenvalue weighted by atomic mass is 9.96. The molecule has 0 radical (unpaired) electrons. The van der Waals surface area contributed by atoms with Gasteiger partial charge in [0.2, 0.25) is 0 Å². The highest BCUT2D eigenvalue weighted by Gasteiger charge is 2.22. The Balaban J connectivity index is 2.93. The molecular formula is C13H17F2NO. The van der Waals surface area contributed by atoms with Crippen molar-refractivity contribution in [2.75, 3.05) is 13.6 Å². The van der Waals surface area contributed by atoms with Crippen LogP contribution < -0.4 is 0 Å². The van der Waals surface area contributed by atoms with Crippen LogP contribution in [0.15, 0.2) is 18.2 Å². The Bertz CT molecular complexity index is 424. The number of amides is 1. The van der Waals surface area contributed by atoms with Gasteiger partial charge in [0.15, 0.2) is 11.6 Å². The van der Waals surface area contributed by atoms with E-state index in [0.717, 1.165) is 6.07 Å². The first-order valence-corrected chi connectivity index (χ1v) is 5.42. The maximum Gasteiger partial charge on any atom is 0.256 e. The van der Waals surface area contributed by atoms with Crippen LogP contribution in [0.3, 0.4) is 0 Å². The van der Waals surface area contributed by atoms with Crippen molar-refractivity contribution in [2.45, 2.75) is 20.8 Å². The molecule has 1 amide bonds. The van der Waals surface area contributed by atoms with Crippen LogP contribution in [0.2, 0.25) is 0 Å². The van der Waals surface area contributed by atoms with Gasteiger partial charge in [-0.15, -0.1) is 0 Å². The van der Waals surface area contributed by atoms with Gasteiger partial charge in [-0.2, -0.15) is 0 Å². The second kappa shape index (κ2) is 4.82. The molecule has 0 unspecified atom stereocenters. The first-order chi connectivity index (χ1) is 7.72. The van der Waals surface area contributed by atoms with Crippen molar-refractivity contribution in [3.63, 3.8) is 0 Å². The van der Waals surface area contributed by atoms with Crippen molar-refractivity contribution in [2.24, 2.45) is 5.41 Å². The number of hydrogen-bond donors (Lipinski definition) is 0. The van der Waals surface area contributed by atoms with E-state index in [1.165, 1.54) is 17.0 Å². The van der Waals surface area contributed by atoms with Crippen molar-refractivity contribution in [1.29, 1.82) is 0 Å². The molecule has 17 heavy (non-hydrogen) atoms. The van der Waals surface area contributed by atoms with E-state index in [0.29, 0.717) is 6.54 Å². The fraction of sp³-hybridized carbons (Fsp3) is 0.462. The first-order valence-electron chi connectivity index (χ1n) is 5.42. The molecule has 1 rings (SSSR count). The van der Waals surface area contributed by atoms with Crippen LogP contribution in [0.4, 0.5) is 8.78 Å². The molecule has 1 aromatic carbocycles. The number of benzene rings is 1. The Morgan fingerprint density at radius 3 is 2.41 bits per heavy atom. The lowest BCUT2D eigenvalue weighted by Crippen LogP contribution is -2.35. The predicted octanol–water partition coefficient (Wildman–Crippen LogP) is 3.08. The second-order valence-corrected chi connectivity index (χ2v) is 5.32. The molecule has 0 bridgehead atoms. The highest BCUT2D eigenvalue weighted by atomic mass is 19.2. The van der Waals surface area contributed by atoms with Crippen LogP contribution in [0, 0.1) is 17.0 Å². The summed E-state index contributed by atoms with van der Waals surface area (Å²) in [4.78, 5) is 13.3. The molecule has 0 heterocycles. The predicted molar refractivity (Wildman–Crippen MR) is 62.8 cm³/mol. The van der Waals surface area contributed by atoms with Gasteiger partial charge >= 0.3 is 0 Å². The molecule has 94 valence electrons. The van der Waals surface area contributed by atoms with Crippen molar-refractivity contribution in [1.82, 2.24) is 4.90 Å². The summed E-state index contributed by atoms with van der Waals surface area (Å²) in [5.41, 5.74) is -0.314. The molecule has 1 aromatic rings. The van der Waals surface area contributed by atoms with Crippen LogP contribution in [-0.2, 0) is 0 Å². The fourth-order valence-corrected chi connectivity index (χ4v) is 1.66. The average molecular weight is 241 g/mol. The van der Waals surface area contributed by atoms with Gasteiger partial charge in [-0.3, -0.25) is 4.79 Å². The molecule has 0 aromatic heterocycles. The van der Waals surface area contributed by atoms with E-state index in [1.54, 1.807) is 7.05 Å². The Morgan fingerprint density at radius 1 is 1.29 bits per heavy atom. The average Bonchev–Trinajstić information content (AvgIpc) is 2.18. The Morgan fingerprint density at radius 2 is 1.88 bits per heavy atom. The SMILES string of the molecule is CN(CC(C)(C)C)C(=O)c1cccc(F)c1F. The summed E-state index contributed by atoms with van der Waals surface area (Å²) in [6, 6.07) is 3.62. The molecular weight excluding hydrogens is 224 g/mol. The van der Waals surface area contributed by atoms with Gasteiger partial charge < -0.3 is 4.90 Å². The quantitative estimate of drug-likeness (QED) is 0.779. The zero-order valence-corrected chi connectivity index (χ0v) is 10.6. The topological polar surface area (TPSA) is 20.3 Å². The third-order valence-corrected chi connectivity index (χ3v) is 2.24. The third-order valence-electron chi connectivity index (χ3n) is 2.24. The minimum Gasteiger partial charge on any atom is -0.341 e. The Hall–Kier alpha value is -1.45. The summed E-state index contributed by atoms with van der Waals surface area (Å²) < 4.78 is 26.4. The van der Waals surface area contributed by atoms with Crippen molar-refractivity contribution >= 4 is 5.91 Å². The van der Waals surface area contributed by atoms with Crippen molar-refractivity contribution in [3.8, 4) is 0 Å². The van der Waals surface area contributed by atoms with Gasteiger partial charge in [0, 0.05) is 13.6 Å². The van der Waals surface area contributed by atoms with Crippen molar-refractivity contribution in [3.05, 3.63) is 35.4 Å². The summed E-state index contributed by atoms with van der Waals surface area (Å²) in [5.74, 6) is -2.59. The van der Waals surface area contributed by atoms with Gasteiger partial charge in [-0.1, -0.05) is 26.8 Å².